The number of aromatic carboxylic acids is 1. The number of rotatable bonds is 16. The van der Waals surface area contributed by atoms with Gasteiger partial charge in [-0.05, 0) is 186 Å². The van der Waals surface area contributed by atoms with Crippen LogP contribution in [0.1, 0.15) is 128 Å². The van der Waals surface area contributed by atoms with Crippen molar-refractivity contribution in [1.29, 1.82) is 0 Å². The molecule has 0 aliphatic carbocycles. The van der Waals surface area contributed by atoms with Crippen molar-refractivity contribution in [2.75, 3.05) is 156 Å². The molecule has 9 aromatic rings. The van der Waals surface area contributed by atoms with E-state index < -0.39 is 30.1 Å². The number of allylic oxidation sites excluding steroid dienone is 3. The summed E-state index contributed by atoms with van der Waals surface area (Å²) >= 11 is 37.6. The first-order valence-corrected chi connectivity index (χ1v) is 42.7. The molecule has 4 fully saturated rings. The van der Waals surface area contributed by atoms with E-state index in [-0.39, 0.29) is 52.5 Å². The first kappa shape index (κ1) is 91.4. The number of anilines is 6. The molecular weight excluding hydrogens is 1710 g/mol. The predicted octanol–water partition coefficient (Wildman–Crippen LogP) is 16.3. The van der Waals surface area contributed by atoms with Crippen molar-refractivity contribution in [2.45, 2.75) is 79.4 Å². The van der Waals surface area contributed by atoms with E-state index in [1.807, 2.05) is 38.7 Å². The number of carboxylic acids is 1. The number of ether oxygens (including phenoxy) is 2. The molecule has 123 heavy (non-hydrogen) atoms. The minimum absolute atomic E-state index is 0.115. The Balaban J connectivity index is 0.000000159. The number of hydrogen-bond acceptors (Lipinski definition) is 18. The molecule has 6 aromatic carbocycles. The number of hydrogen-bond donors (Lipinski definition) is 5. The average Bonchev–Trinajstić information content (AvgIpc) is 1.56. The van der Waals surface area contributed by atoms with Crippen molar-refractivity contribution in [3.8, 4) is 0 Å². The second kappa shape index (κ2) is 41.6. The number of carbonyl (C=O) groups is 6. The lowest BCUT2D eigenvalue weighted by molar-refractivity contribution is -0.128. The summed E-state index contributed by atoms with van der Waals surface area (Å²) in [6.07, 6.45) is 2.56. The van der Waals surface area contributed by atoms with Crippen LogP contribution in [0, 0.1) is 17.5 Å². The highest BCUT2D eigenvalue weighted by molar-refractivity contribution is 6.43. The number of carbonyl (C=O) groups excluding carboxylic acids is 5. The normalized spacial score (nSPS) is 17.2. The van der Waals surface area contributed by atoms with Gasteiger partial charge in [0.2, 0.25) is 0 Å². The van der Waals surface area contributed by atoms with Crippen molar-refractivity contribution < 1.29 is 56.5 Å². The summed E-state index contributed by atoms with van der Waals surface area (Å²) in [5.74, 6) is -1.64. The number of esters is 1. The maximum Gasteiger partial charge on any atom is 0.358 e. The molecule has 26 nitrogen and oxygen atoms in total. The van der Waals surface area contributed by atoms with E-state index in [0.29, 0.717) is 190 Å². The molecule has 650 valence electrons. The molecule has 16 rings (SSSR count). The van der Waals surface area contributed by atoms with E-state index in [9.17, 15) is 47.0 Å². The van der Waals surface area contributed by atoms with Crippen LogP contribution in [-0.2, 0) is 23.9 Å². The van der Waals surface area contributed by atoms with Gasteiger partial charge in [-0.3, -0.25) is 19.2 Å². The van der Waals surface area contributed by atoms with E-state index in [0.717, 1.165) is 48.9 Å². The minimum Gasteiger partial charge on any atom is -0.476 e. The van der Waals surface area contributed by atoms with Crippen LogP contribution in [0.4, 0.5) is 47.7 Å². The van der Waals surface area contributed by atoms with Crippen molar-refractivity contribution >= 4 is 140 Å². The molecule has 0 spiro atoms. The maximum absolute atomic E-state index is 14.1. The van der Waals surface area contributed by atoms with Gasteiger partial charge >= 0.3 is 11.9 Å². The Hall–Kier alpha value is -10.8. The highest BCUT2D eigenvalue weighted by Crippen LogP contribution is 2.44. The van der Waals surface area contributed by atoms with Crippen LogP contribution in [0.3, 0.4) is 0 Å². The maximum atomic E-state index is 14.1. The third kappa shape index (κ3) is 21.4. The third-order valence-electron chi connectivity index (χ3n) is 21.9. The Bertz CT molecular complexity index is 5420. The topological polar surface area (TPSA) is 265 Å². The number of benzene rings is 6. The fraction of sp³-hybridized carbons (Fsp3) is 0.352. The summed E-state index contributed by atoms with van der Waals surface area (Å²) in [7, 11) is 1.29. The summed E-state index contributed by atoms with van der Waals surface area (Å²) in [5.41, 5.74) is 8.45. The molecule has 7 aliphatic heterocycles. The average molecular weight is 1810 g/mol. The molecule has 7 aliphatic rings. The van der Waals surface area contributed by atoms with E-state index in [1.165, 1.54) is 67.1 Å². The van der Waals surface area contributed by atoms with Gasteiger partial charge in [-0.2, -0.15) is 15.3 Å². The Kier molecular flexibility index (Phi) is 30.9. The number of nitrogens with zero attached hydrogens (tertiary/aromatic N) is 13. The molecule has 5 N–H and O–H groups in total. The van der Waals surface area contributed by atoms with Crippen LogP contribution in [0.2, 0.25) is 30.1 Å². The van der Waals surface area contributed by atoms with Crippen LogP contribution in [0.15, 0.2) is 179 Å². The van der Waals surface area contributed by atoms with Gasteiger partial charge in [-0.25, -0.2) is 36.8 Å². The molecule has 3 unspecified atom stereocenters. The summed E-state index contributed by atoms with van der Waals surface area (Å²) in [5, 5.41) is 37.9. The summed E-state index contributed by atoms with van der Waals surface area (Å²) in [4.78, 5) is 92.4. The number of aromatic nitrogens is 6. The molecule has 0 radical (unpaired) electrons. The Morgan fingerprint density at radius 1 is 0.439 bits per heavy atom. The summed E-state index contributed by atoms with van der Waals surface area (Å²) in [6, 6.07) is 37.3. The fourth-order valence-corrected chi connectivity index (χ4v) is 16.4. The number of halogens is 9. The van der Waals surface area contributed by atoms with Crippen molar-refractivity contribution in [3.63, 3.8) is 0 Å². The highest BCUT2D eigenvalue weighted by Gasteiger charge is 2.42. The first-order valence-electron chi connectivity index (χ1n) is 40.5. The molecule has 0 bridgehead atoms. The zero-order valence-electron chi connectivity index (χ0n) is 69.2. The van der Waals surface area contributed by atoms with Gasteiger partial charge in [0, 0.05) is 157 Å². The quantitative estimate of drug-likeness (QED) is 0.0563. The largest absolute Gasteiger partial charge is 0.476 e. The van der Waals surface area contributed by atoms with Gasteiger partial charge in [0.1, 0.15) is 53.0 Å². The van der Waals surface area contributed by atoms with E-state index >= 15 is 0 Å². The van der Waals surface area contributed by atoms with Crippen molar-refractivity contribution in [2.24, 2.45) is 0 Å². The van der Waals surface area contributed by atoms with E-state index in [1.54, 1.807) is 128 Å². The van der Waals surface area contributed by atoms with Gasteiger partial charge in [0.15, 0.2) is 17.1 Å². The Morgan fingerprint density at radius 3 is 1.01 bits per heavy atom. The number of amides is 4. The Morgan fingerprint density at radius 2 is 0.740 bits per heavy atom. The zero-order chi connectivity index (χ0) is 88.0. The number of nitrogens with one attached hydrogen (secondary N) is 4. The minimum atomic E-state index is -1.17. The van der Waals surface area contributed by atoms with E-state index in [4.69, 9.17) is 84.2 Å². The second-order valence-electron chi connectivity index (χ2n) is 29.6. The standard InChI is InChI=1S/C29H31Cl2FN6O2.C26H24Cl2FN5O3.C25H22Cl2FN5O3.C4H11N.C4H8O/c1-4-35(5-2)28(39)24-17-25-33-18(3)26(27(38(25)34-24)19-6-11-22(30)23(31)16-19)29(40)37-14-12-36(13-15-37)21-9-7-20(32)8-10-21;1-15-23(25(35)33-11-9-32(10-12-33)18-6-4-17(29)5-7-18)24(16-3-8-19(27)20(28)13-16)34-22(30-15)14-21(31-34)26(36)37-2;1-14-22(24(34)32-10-8-31(9-11-32)17-5-3-16(28)4-6-17)23(15-2-7-18(26)19(27)12-15)33-21(29-14)13-20(30-33)25(35)36;1-3-5-4-2;1-2-4-5-3-1/h6-11,16-17,27,33H,4-5,12-15H2,1-3H3;3-8,13-14,24,30H,9-12H2,1-2H3;2-7,12-13,23,29H,8-11H2,1H3,(H,35,36);5H,3-4H2,1-2H3;1-4H2. The molecule has 35 heteroatoms. The smallest absolute Gasteiger partial charge is 0.358 e. The lowest BCUT2D eigenvalue weighted by Gasteiger charge is -2.38. The van der Waals surface area contributed by atoms with Gasteiger partial charge in [-0.1, -0.05) is 102 Å². The van der Waals surface area contributed by atoms with Gasteiger partial charge in [-0.15, -0.1) is 0 Å². The monoisotopic (exact) mass is 1800 g/mol. The van der Waals surface area contributed by atoms with Gasteiger partial charge < -0.3 is 70.1 Å². The van der Waals surface area contributed by atoms with Crippen molar-refractivity contribution in [1.82, 2.24) is 54.3 Å². The number of piperazine rings is 3. The zero-order valence-corrected chi connectivity index (χ0v) is 73.7. The van der Waals surface area contributed by atoms with Gasteiger partial charge in [0.25, 0.3) is 23.6 Å². The predicted molar refractivity (Wildman–Crippen MR) is 475 cm³/mol. The second-order valence-corrected chi connectivity index (χ2v) is 32.1. The number of methoxy groups -OCH3 is 1. The van der Waals surface area contributed by atoms with Crippen LogP contribution >= 0.6 is 69.6 Å². The lowest BCUT2D eigenvalue weighted by atomic mass is 9.94. The highest BCUT2D eigenvalue weighted by atomic mass is 35.5. The fourth-order valence-electron chi connectivity index (χ4n) is 15.4. The lowest BCUT2D eigenvalue weighted by Crippen LogP contribution is -2.50. The van der Waals surface area contributed by atoms with E-state index in [2.05, 4.69) is 60.0 Å². The third-order valence-corrected chi connectivity index (χ3v) is 24.1. The Labute approximate surface area is 741 Å². The van der Waals surface area contributed by atoms with Crippen LogP contribution in [0.5, 0.6) is 0 Å². The SMILES string of the molecule is C1CCOC1.CC1=C(C(=O)N2CCN(c3ccc(F)cc3)CC2)C(c2ccc(Cl)c(Cl)c2)n2nc(C(=O)O)cc2N1.CCN(CC)C(=O)c1cc2n(n1)C(c1ccc(Cl)c(Cl)c1)C(C(=O)N1CCN(c3ccc(F)cc3)CC1)=C(C)N2.CCNCC.COC(=O)c1cc2n(n1)C(c1ccc(Cl)c(Cl)c1)C(C(=O)N1CCN(c3ccc(F)cc3)CC1)=C(C)N2. The van der Waals surface area contributed by atoms with Crippen LogP contribution < -0.4 is 36.0 Å². The molecule has 0 saturated carbocycles. The number of fused-ring (bicyclic) bond motifs is 3. The molecule has 3 aromatic heterocycles. The molecule has 3 atom stereocenters. The van der Waals surface area contributed by atoms with Gasteiger partial charge in [0.05, 0.1) is 54.0 Å². The molecule has 10 heterocycles. The number of carboxylic acid groups (broad SMARTS) is 1. The molecule has 4 saturated heterocycles. The summed E-state index contributed by atoms with van der Waals surface area (Å²) in [6.45, 7) is 25.3. The molecular formula is C88H96Cl6F3N17O9. The van der Waals surface area contributed by atoms with Crippen LogP contribution in [0.25, 0.3) is 0 Å². The van der Waals surface area contributed by atoms with Crippen molar-refractivity contribution in [3.05, 3.63) is 261 Å². The summed E-state index contributed by atoms with van der Waals surface area (Å²) < 4.78 is 54.6. The van der Waals surface area contributed by atoms with Crippen LogP contribution in [-0.4, -0.2) is 215 Å². The molecule has 4 amide bonds. The first-order chi connectivity index (χ1) is 59.1.